The Morgan fingerprint density at radius 1 is 0.796 bits per heavy atom. The fourth-order valence-electron chi connectivity index (χ4n) is 7.73. The van der Waals surface area contributed by atoms with Gasteiger partial charge >= 0.3 is 0 Å². The van der Waals surface area contributed by atoms with E-state index in [9.17, 15) is 4.79 Å². The first-order valence-corrected chi connectivity index (χ1v) is 24.9. The van der Waals surface area contributed by atoms with Gasteiger partial charge in [-0.25, -0.2) is 0 Å². The van der Waals surface area contributed by atoms with Crippen molar-refractivity contribution in [3.05, 3.63) is 71.8 Å². The fourth-order valence-corrected chi connectivity index (χ4v) is 14.2. The van der Waals surface area contributed by atoms with E-state index in [1.165, 1.54) is 0 Å². The molecule has 2 aromatic carbocycles. The summed E-state index contributed by atoms with van der Waals surface area (Å²) in [5, 5.41) is 0.0528. The third kappa shape index (κ3) is 11.9. The summed E-state index contributed by atoms with van der Waals surface area (Å²) < 4.78 is 45.3. The van der Waals surface area contributed by atoms with Crippen molar-refractivity contribution >= 4 is 22.9 Å². The van der Waals surface area contributed by atoms with Crippen molar-refractivity contribution in [1.82, 2.24) is 0 Å². The minimum atomic E-state index is -2.30. The molecule has 0 aromatic heterocycles. The minimum absolute atomic E-state index is 0.0424. The highest BCUT2D eigenvalue weighted by Gasteiger charge is 2.49. The summed E-state index contributed by atoms with van der Waals surface area (Å²) >= 11 is 0. The molecule has 1 fully saturated rings. The van der Waals surface area contributed by atoms with Gasteiger partial charge in [-0.2, -0.15) is 0 Å². The second kappa shape index (κ2) is 20.2. The number of rotatable bonds is 21. The van der Waals surface area contributed by atoms with E-state index in [1.54, 1.807) is 14.2 Å². The van der Waals surface area contributed by atoms with Crippen molar-refractivity contribution in [2.45, 2.75) is 161 Å². The number of carbonyl (C=O) groups excluding carboxylic acids is 1. The number of hydrogen-bond acceptors (Lipinski definition) is 8. The lowest BCUT2D eigenvalue weighted by atomic mass is 9.85. The van der Waals surface area contributed by atoms with Gasteiger partial charge in [-0.1, -0.05) is 106 Å². The molecule has 0 unspecified atom stereocenters. The summed E-state index contributed by atoms with van der Waals surface area (Å²) in [5.74, 6) is 1.55. The molecule has 2 aromatic rings. The van der Waals surface area contributed by atoms with Crippen LogP contribution in [0.2, 0.25) is 34.8 Å². The Balaban J connectivity index is 1.97. The molecule has 0 spiro atoms. The van der Waals surface area contributed by atoms with Crippen LogP contribution < -0.4 is 9.47 Å². The first kappa shape index (κ1) is 46.1. The first-order valence-electron chi connectivity index (χ1n) is 19.9. The minimum Gasteiger partial charge on any atom is -0.497 e. The van der Waals surface area contributed by atoms with Crippen LogP contribution >= 0.6 is 0 Å². The van der Waals surface area contributed by atoms with E-state index in [4.69, 9.17) is 32.5 Å². The Kier molecular flexibility index (Phi) is 17.2. The van der Waals surface area contributed by atoms with E-state index in [1.807, 2.05) is 48.5 Å². The van der Waals surface area contributed by atoms with Gasteiger partial charge in [0.2, 0.25) is 8.32 Å². The van der Waals surface area contributed by atoms with Gasteiger partial charge in [0.1, 0.15) is 30.0 Å². The quantitative estimate of drug-likeness (QED) is 0.0703. The number of carbonyl (C=O) groups is 1. The van der Waals surface area contributed by atoms with Crippen LogP contribution in [-0.4, -0.2) is 74.3 Å². The Bertz CT molecular complexity index is 1410. The van der Waals surface area contributed by atoms with Gasteiger partial charge in [0.25, 0.3) is 0 Å². The summed E-state index contributed by atoms with van der Waals surface area (Å²) in [6.45, 7) is 32.7. The SMILES string of the molecule is C=C(C[C@@H](C=O)O[Si](C(C)C)(C(C)C)C(C)C)C[C@H]1O[C@@H](CO[Si](C)(C)C(C)(C)C)[C@H](C)[C@@H](OCc2ccc(OC)cc2)[C@@H]1OCc1ccc(OC)cc1. The number of ether oxygens (including phenoxy) is 5. The van der Waals surface area contributed by atoms with Gasteiger partial charge in [0.05, 0.1) is 52.4 Å². The van der Waals surface area contributed by atoms with Gasteiger partial charge in [-0.3, -0.25) is 0 Å². The molecule has 1 heterocycles. The van der Waals surface area contributed by atoms with E-state index in [2.05, 4.69) is 88.9 Å². The highest BCUT2D eigenvalue weighted by Crippen LogP contribution is 2.44. The summed E-state index contributed by atoms with van der Waals surface area (Å²) in [5.41, 5.74) is 4.02. The molecular formula is C44H72O8Si2. The molecule has 0 amide bonds. The predicted octanol–water partition coefficient (Wildman–Crippen LogP) is 10.7. The van der Waals surface area contributed by atoms with Crippen molar-refractivity contribution < 1.29 is 37.3 Å². The summed E-state index contributed by atoms with van der Waals surface area (Å²) in [7, 11) is -1.05. The standard InChI is InChI=1S/C44H72O8Si2/c1-30(2)54(31(3)4,32(5)6)52-39(26-45)24-33(7)25-40-43(49-28-36-18-22-38(47-13)23-19-36)42(48-27-35-16-20-37(46-12)21-17-35)34(8)41(51-40)29-50-53(14,15)44(9,10)11/h16-23,26,30-32,34,39-43H,7,24-25,27-29H2,1-6,8-15H3/t34-,39-,40+,41-,42+,43+/m0/s1. The maximum absolute atomic E-state index is 12.7. The van der Waals surface area contributed by atoms with Crippen molar-refractivity contribution in [1.29, 1.82) is 0 Å². The number of aldehydes is 1. The number of hydrogen-bond donors (Lipinski definition) is 0. The zero-order valence-corrected chi connectivity index (χ0v) is 37.9. The Morgan fingerprint density at radius 3 is 1.67 bits per heavy atom. The molecular weight excluding hydrogens is 713 g/mol. The second-order valence-corrected chi connectivity index (χ2v) is 27.9. The maximum atomic E-state index is 12.7. The van der Waals surface area contributed by atoms with Crippen LogP contribution in [0.1, 0.15) is 93.2 Å². The molecule has 1 saturated heterocycles. The summed E-state index contributed by atoms with van der Waals surface area (Å²) in [4.78, 5) is 12.7. The molecule has 54 heavy (non-hydrogen) atoms. The van der Waals surface area contributed by atoms with Gasteiger partial charge in [-0.15, -0.1) is 0 Å². The molecule has 0 saturated carbocycles. The molecule has 0 radical (unpaired) electrons. The zero-order valence-electron chi connectivity index (χ0n) is 35.9. The summed E-state index contributed by atoms with van der Waals surface area (Å²) in [6, 6.07) is 15.9. The van der Waals surface area contributed by atoms with E-state index in [0.29, 0.717) is 49.3 Å². The van der Waals surface area contributed by atoms with E-state index >= 15 is 0 Å². The van der Waals surface area contributed by atoms with Crippen LogP contribution in [0, 0.1) is 5.92 Å². The highest BCUT2D eigenvalue weighted by atomic mass is 28.4. The lowest BCUT2D eigenvalue weighted by Gasteiger charge is -2.47. The average molecular weight is 785 g/mol. The summed E-state index contributed by atoms with van der Waals surface area (Å²) in [6.07, 6.45) is -0.0524. The van der Waals surface area contributed by atoms with Crippen LogP contribution in [-0.2, 0) is 41.1 Å². The number of benzene rings is 2. The average Bonchev–Trinajstić information content (AvgIpc) is 3.11. The molecule has 8 nitrogen and oxygen atoms in total. The zero-order chi connectivity index (χ0) is 40.4. The van der Waals surface area contributed by atoms with Crippen molar-refractivity contribution in [3.8, 4) is 11.5 Å². The fraction of sp³-hybridized carbons (Fsp3) is 0.659. The van der Waals surface area contributed by atoms with Crippen LogP contribution in [0.15, 0.2) is 60.7 Å². The van der Waals surface area contributed by atoms with Crippen molar-refractivity contribution in [2.24, 2.45) is 5.92 Å². The second-order valence-electron chi connectivity index (χ2n) is 17.7. The van der Waals surface area contributed by atoms with Gasteiger partial charge < -0.3 is 37.3 Å². The normalized spacial score (nSPS) is 21.8. The Hall–Kier alpha value is -2.32. The van der Waals surface area contributed by atoms with Gasteiger partial charge in [0, 0.05) is 5.92 Å². The van der Waals surface area contributed by atoms with Crippen LogP contribution in [0.3, 0.4) is 0 Å². The highest BCUT2D eigenvalue weighted by molar-refractivity contribution is 6.77. The van der Waals surface area contributed by atoms with Crippen LogP contribution in [0.5, 0.6) is 11.5 Å². The topological polar surface area (TPSA) is 81.7 Å². The van der Waals surface area contributed by atoms with Crippen molar-refractivity contribution in [2.75, 3.05) is 20.8 Å². The maximum Gasteiger partial charge on any atom is 0.201 e. The smallest absolute Gasteiger partial charge is 0.201 e. The molecule has 6 atom stereocenters. The molecule has 304 valence electrons. The molecule has 3 rings (SSSR count). The third-order valence-electron chi connectivity index (χ3n) is 12.0. The molecule has 1 aliphatic heterocycles. The van der Waals surface area contributed by atoms with E-state index in [-0.39, 0.29) is 23.2 Å². The monoisotopic (exact) mass is 784 g/mol. The lowest BCUT2D eigenvalue weighted by Crippen LogP contribution is -2.57. The Morgan fingerprint density at radius 2 is 1.26 bits per heavy atom. The third-order valence-corrected chi connectivity index (χ3v) is 22.6. The van der Waals surface area contributed by atoms with Crippen LogP contribution in [0.25, 0.3) is 0 Å². The molecule has 1 aliphatic rings. The molecule has 0 bridgehead atoms. The van der Waals surface area contributed by atoms with Crippen LogP contribution in [0.4, 0.5) is 0 Å². The molecule has 0 aliphatic carbocycles. The lowest BCUT2D eigenvalue weighted by molar-refractivity contribution is -0.236. The largest absolute Gasteiger partial charge is 0.497 e. The van der Waals surface area contributed by atoms with Crippen molar-refractivity contribution in [3.63, 3.8) is 0 Å². The first-order chi connectivity index (χ1) is 25.3. The number of methoxy groups -OCH3 is 2. The predicted molar refractivity (Wildman–Crippen MR) is 224 cm³/mol. The molecule has 10 heteroatoms. The molecule has 0 N–H and O–H groups in total. The van der Waals surface area contributed by atoms with E-state index in [0.717, 1.165) is 34.5 Å². The van der Waals surface area contributed by atoms with Gasteiger partial charge in [0.15, 0.2) is 8.32 Å². The van der Waals surface area contributed by atoms with Gasteiger partial charge in [-0.05, 0) is 83.0 Å². The van der Waals surface area contributed by atoms with E-state index < -0.39 is 34.9 Å². The Labute approximate surface area is 329 Å².